The predicted molar refractivity (Wildman–Crippen MR) is 97.8 cm³/mol. The van der Waals surface area contributed by atoms with Crippen molar-refractivity contribution in [3.63, 3.8) is 0 Å². The van der Waals surface area contributed by atoms with Gasteiger partial charge in [-0.15, -0.1) is 0 Å². The number of aryl methyl sites for hydroxylation is 4. The monoisotopic (exact) mass is 337 g/mol. The Hall–Kier alpha value is -2.69. The standard InChI is InChI=1S/C20H23N3O2/c1-13-5-7-15(8-6-13)9-10-17-22-16-11-14(2)12-21-18(16)23(17)20(3,4)19(24)25/h5-8,11-12H,9-10H2,1-4H3,(H,24,25). The Labute approximate surface area is 147 Å². The minimum Gasteiger partial charge on any atom is -0.480 e. The van der Waals surface area contributed by atoms with Crippen LogP contribution in [0.2, 0.25) is 0 Å². The number of benzene rings is 1. The van der Waals surface area contributed by atoms with Gasteiger partial charge >= 0.3 is 5.97 Å². The molecular formula is C20H23N3O2. The Morgan fingerprint density at radius 1 is 1.12 bits per heavy atom. The zero-order valence-electron chi connectivity index (χ0n) is 15.1. The van der Waals surface area contributed by atoms with Crippen LogP contribution >= 0.6 is 0 Å². The van der Waals surface area contributed by atoms with Gasteiger partial charge in [-0.05, 0) is 51.3 Å². The molecule has 0 amide bonds. The lowest BCUT2D eigenvalue weighted by Crippen LogP contribution is -2.37. The molecule has 0 saturated heterocycles. The Balaban J connectivity index is 2.03. The molecule has 5 heteroatoms. The van der Waals surface area contributed by atoms with E-state index in [0.29, 0.717) is 12.1 Å². The van der Waals surface area contributed by atoms with Crippen LogP contribution in [0.25, 0.3) is 11.2 Å². The van der Waals surface area contributed by atoms with Crippen molar-refractivity contribution in [2.45, 2.75) is 46.1 Å². The Bertz CT molecular complexity index is 924. The number of rotatable bonds is 5. The quantitative estimate of drug-likeness (QED) is 0.771. The highest BCUT2D eigenvalue weighted by molar-refractivity contribution is 5.80. The summed E-state index contributed by atoms with van der Waals surface area (Å²) in [7, 11) is 0. The number of imidazole rings is 1. The molecule has 0 unspecified atom stereocenters. The summed E-state index contributed by atoms with van der Waals surface area (Å²) in [6, 6.07) is 10.3. The van der Waals surface area contributed by atoms with Gasteiger partial charge in [0.05, 0.1) is 0 Å². The van der Waals surface area contributed by atoms with E-state index >= 15 is 0 Å². The third kappa shape index (κ3) is 3.27. The van der Waals surface area contributed by atoms with Gasteiger partial charge in [0.2, 0.25) is 0 Å². The lowest BCUT2D eigenvalue weighted by atomic mass is 10.0. The molecule has 3 aromatic rings. The molecule has 1 N–H and O–H groups in total. The topological polar surface area (TPSA) is 68.0 Å². The maximum absolute atomic E-state index is 11.8. The summed E-state index contributed by atoms with van der Waals surface area (Å²) in [5, 5.41) is 9.69. The molecule has 5 nitrogen and oxygen atoms in total. The van der Waals surface area contributed by atoms with E-state index in [1.54, 1.807) is 24.6 Å². The van der Waals surface area contributed by atoms with Crippen molar-refractivity contribution in [2.75, 3.05) is 0 Å². The highest BCUT2D eigenvalue weighted by atomic mass is 16.4. The minimum atomic E-state index is -1.11. The molecule has 0 aliphatic rings. The van der Waals surface area contributed by atoms with Gasteiger partial charge in [-0.2, -0.15) is 0 Å². The summed E-state index contributed by atoms with van der Waals surface area (Å²) in [4.78, 5) is 21.0. The number of aliphatic carboxylic acids is 1. The molecule has 0 aliphatic heterocycles. The van der Waals surface area contributed by atoms with Crippen molar-refractivity contribution in [1.29, 1.82) is 0 Å². The predicted octanol–water partition coefficient (Wildman–Crippen LogP) is 3.65. The molecule has 2 heterocycles. The molecule has 0 fully saturated rings. The number of nitrogens with zero attached hydrogens (tertiary/aromatic N) is 3. The molecule has 2 aromatic heterocycles. The molecule has 25 heavy (non-hydrogen) atoms. The van der Waals surface area contributed by atoms with E-state index in [-0.39, 0.29) is 0 Å². The molecule has 0 aliphatic carbocycles. The van der Waals surface area contributed by atoms with E-state index < -0.39 is 11.5 Å². The summed E-state index contributed by atoms with van der Waals surface area (Å²) < 4.78 is 1.76. The maximum atomic E-state index is 11.8. The molecule has 0 bridgehead atoms. The van der Waals surface area contributed by atoms with Crippen LogP contribution in [0.15, 0.2) is 36.5 Å². The zero-order valence-corrected chi connectivity index (χ0v) is 15.1. The van der Waals surface area contributed by atoms with Crippen LogP contribution < -0.4 is 0 Å². The average Bonchev–Trinajstić information content (AvgIpc) is 2.92. The van der Waals surface area contributed by atoms with Crippen molar-refractivity contribution in [1.82, 2.24) is 14.5 Å². The summed E-state index contributed by atoms with van der Waals surface area (Å²) in [5.41, 5.74) is 3.70. The smallest absolute Gasteiger partial charge is 0.329 e. The number of carboxylic acid groups (broad SMARTS) is 1. The van der Waals surface area contributed by atoms with Crippen LogP contribution in [-0.4, -0.2) is 25.6 Å². The fraction of sp³-hybridized carbons (Fsp3) is 0.350. The van der Waals surface area contributed by atoms with Crippen molar-refractivity contribution in [3.8, 4) is 0 Å². The summed E-state index contributed by atoms with van der Waals surface area (Å²) in [6.07, 6.45) is 3.22. The molecule has 0 spiro atoms. The first kappa shape index (κ1) is 17.1. The summed E-state index contributed by atoms with van der Waals surface area (Å²) >= 11 is 0. The van der Waals surface area contributed by atoms with Gasteiger partial charge in [0.1, 0.15) is 16.9 Å². The summed E-state index contributed by atoms with van der Waals surface area (Å²) in [6.45, 7) is 7.40. The first-order valence-electron chi connectivity index (χ1n) is 8.42. The van der Waals surface area contributed by atoms with Gasteiger partial charge in [0.25, 0.3) is 0 Å². The number of carbonyl (C=O) groups is 1. The van der Waals surface area contributed by atoms with Crippen LogP contribution in [0.4, 0.5) is 0 Å². The second kappa shape index (κ2) is 6.31. The first-order chi connectivity index (χ1) is 11.8. The van der Waals surface area contributed by atoms with E-state index in [9.17, 15) is 9.90 Å². The van der Waals surface area contributed by atoms with Crippen molar-refractivity contribution in [2.24, 2.45) is 0 Å². The Morgan fingerprint density at radius 3 is 2.44 bits per heavy atom. The van der Waals surface area contributed by atoms with Gasteiger partial charge in [0.15, 0.2) is 5.65 Å². The fourth-order valence-corrected chi connectivity index (χ4v) is 2.97. The maximum Gasteiger partial charge on any atom is 0.329 e. The van der Waals surface area contributed by atoms with Crippen molar-refractivity contribution >= 4 is 17.1 Å². The van der Waals surface area contributed by atoms with Crippen LogP contribution in [0, 0.1) is 13.8 Å². The van der Waals surface area contributed by atoms with Gasteiger partial charge in [0, 0.05) is 12.6 Å². The molecule has 3 rings (SSSR count). The number of carboxylic acids is 1. The van der Waals surface area contributed by atoms with Crippen LogP contribution in [0.5, 0.6) is 0 Å². The third-order valence-electron chi connectivity index (χ3n) is 4.54. The Morgan fingerprint density at radius 2 is 1.80 bits per heavy atom. The first-order valence-corrected chi connectivity index (χ1v) is 8.42. The van der Waals surface area contributed by atoms with Crippen molar-refractivity contribution in [3.05, 3.63) is 59.0 Å². The Kier molecular flexibility index (Phi) is 4.33. The SMILES string of the molecule is Cc1ccc(CCc2nc3cc(C)cnc3n2C(C)(C)C(=O)O)cc1. The second-order valence-electron chi connectivity index (χ2n) is 7.07. The van der Waals surface area contributed by atoms with Crippen LogP contribution in [0.3, 0.4) is 0 Å². The van der Waals surface area contributed by atoms with Crippen LogP contribution in [-0.2, 0) is 23.2 Å². The van der Waals surface area contributed by atoms with E-state index in [4.69, 9.17) is 4.98 Å². The number of aromatic nitrogens is 3. The normalized spacial score (nSPS) is 11.8. The van der Waals surface area contributed by atoms with E-state index in [2.05, 4.69) is 36.2 Å². The number of fused-ring (bicyclic) bond motifs is 1. The molecule has 0 radical (unpaired) electrons. The van der Waals surface area contributed by atoms with Gasteiger partial charge in [-0.1, -0.05) is 29.8 Å². The molecular weight excluding hydrogens is 314 g/mol. The minimum absolute atomic E-state index is 0.622. The highest BCUT2D eigenvalue weighted by Crippen LogP contribution is 2.26. The van der Waals surface area contributed by atoms with E-state index in [0.717, 1.165) is 23.3 Å². The lowest BCUT2D eigenvalue weighted by Gasteiger charge is -2.24. The number of pyridine rings is 1. The summed E-state index contributed by atoms with van der Waals surface area (Å²) in [5.74, 6) is -0.146. The molecule has 0 saturated carbocycles. The largest absolute Gasteiger partial charge is 0.480 e. The zero-order chi connectivity index (χ0) is 18.2. The lowest BCUT2D eigenvalue weighted by molar-refractivity contribution is -0.145. The number of hydrogen-bond donors (Lipinski definition) is 1. The van der Waals surface area contributed by atoms with Crippen molar-refractivity contribution < 1.29 is 9.90 Å². The molecule has 130 valence electrons. The van der Waals surface area contributed by atoms with Gasteiger partial charge in [-0.3, -0.25) is 4.57 Å². The molecule has 1 aromatic carbocycles. The third-order valence-corrected chi connectivity index (χ3v) is 4.54. The average molecular weight is 337 g/mol. The highest BCUT2D eigenvalue weighted by Gasteiger charge is 2.33. The second-order valence-corrected chi connectivity index (χ2v) is 7.07. The van der Waals surface area contributed by atoms with E-state index in [1.807, 2.05) is 13.0 Å². The molecule has 0 atom stereocenters. The fourth-order valence-electron chi connectivity index (χ4n) is 2.97. The van der Waals surface area contributed by atoms with E-state index in [1.165, 1.54) is 11.1 Å². The van der Waals surface area contributed by atoms with Gasteiger partial charge in [-0.25, -0.2) is 14.8 Å². The van der Waals surface area contributed by atoms with Gasteiger partial charge < -0.3 is 5.11 Å². The van der Waals surface area contributed by atoms with Crippen LogP contribution in [0.1, 0.15) is 36.4 Å². The number of hydrogen-bond acceptors (Lipinski definition) is 3.